The van der Waals surface area contributed by atoms with Crippen molar-refractivity contribution in [3.8, 4) is 6.07 Å². The van der Waals surface area contributed by atoms with Crippen LogP contribution in [0.1, 0.15) is 56.5 Å². The number of carbonyl (C=O) groups excluding carboxylic acids is 1. The zero-order chi connectivity index (χ0) is 18.5. The second kappa shape index (κ2) is 8.37. The predicted octanol–water partition coefficient (Wildman–Crippen LogP) is 4.08. The van der Waals surface area contributed by atoms with E-state index in [1.165, 1.54) is 31.0 Å². The maximum Gasteiger partial charge on any atom is 0.237 e. The number of rotatable bonds is 5. The van der Waals surface area contributed by atoms with Crippen LogP contribution in [0.3, 0.4) is 0 Å². The van der Waals surface area contributed by atoms with E-state index in [4.69, 9.17) is 5.26 Å². The van der Waals surface area contributed by atoms with Crippen molar-refractivity contribution in [3.63, 3.8) is 0 Å². The maximum atomic E-state index is 12.5. The van der Waals surface area contributed by atoms with Crippen LogP contribution < -0.4 is 5.32 Å². The van der Waals surface area contributed by atoms with Crippen LogP contribution in [0.5, 0.6) is 0 Å². The molecule has 6 nitrogen and oxygen atoms in total. The van der Waals surface area contributed by atoms with Gasteiger partial charge in [-0.25, -0.2) is 0 Å². The van der Waals surface area contributed by atoms with Gasteiger partial charge < -0.3 is 9.88 Å². The monoisotopic (exact) mass is 369 g/mol. The molecule has 1 aliphatic carbocycles. The number of nitrogens with zero attached hydrogens (tertiary/aromatic N) is 4. The van der Waals surface area contributed by atoms with Crippen LogP contribution in [0.15, 0.2) is 29.4 Å². The SMILES string of the molecule is Cc1nnc(S[C@@H](C)C(=O)Nc2cccc(C#N)c2)n1C1CCCCC1. The molecule has 0 unspecified atom stereocenters. The first kappa shape index (κ1) is 18.5. The molecule has 0 spiro atoms. The lowest BCUT2D eigenvalue weighted by molar-refractivity contribution is -0.115. The standard InChI is InChI=1S/C19H23N5OS/c1-13(18(25)21-16-8-6-7-15(11-16)12-20)26-19-23-22-14(2)24(19)17-9-4-3-5-10-17/h6-8,11,13,17H,3-5,9-10H2,1-2H3,(H,21,25)/t13-/m0/s1. The van der Waals surface area contributed by atoms with Crippen molar-refractivity contribution in [2.45, 2.75) is 62.4 Å². The molecule has 1 amide bonds. The fourth-order valence-electron chi connectivity index (χ4n) is 3.31. The Morgan fingerprint density at radius 2 is 2.12 bits per heavy atom. The average molecular weight is 369 g/mol. The third kappa shape index (κ3) is 4.25. The second-order valence-corrected chi connectivity index (χ2v) is 7.94. The number of nitriles is 1. The minimum absolute atomic E-state index is 0.110. The fraction of sp³-hybridized carbons (Fsp3) is 0.474. The number of aryl methyl sites for hydroxylation is 1. The number of nitrogens with one attached hydrogen (secondary N) is 1. The Bertz CT molecular complexity index is 820. The van der Waals surface area contributed by atoms with E-state index in [9.17, 15) is 4.79 Å². The molecule has 1 atom stereocenters. The lowest BCUT2D eigenvalue weighted by Gasteiger charge is -2.25. The van der Waals surface area contributed by atoms with E-state index >= 15 is 0 Å². The minimum Gasteiger partial charge on any atom is -0.325 e. The number of aromatic nitrogens is 3. The van der Waals surface area contributed by atoms with Crippen molar-refractivity contribution in [2.24, 2.45) is 0 Å². The summed E-state index contributed by atoms with van der Waals surface area (Å²) in [5.41, 5.74) is 1.15. The van der Waals surface area contributed by atoms with Crippen molar-refractivity contribution < 1.29 is 4.79 Å². The molecule has 1 fully saturated rings. The largest absolute Gasteiger partial charge is 0.325 e. The van der Waals surface area contributed by atoms with Gasteiger partial charge in [0.05, 0.1) is 16.9 Å². The minimum atomic E-state index is -0.313. The summed E-state index contributed by atoms with van der Waals surface area (Å²) < 4.78 is 2.20. The maximum absolute atomic E-state index is 12.5. The molecule has 1 N–H and O–H groups in total. The molecule has 1 heterocycles. The van der Waals surface area contributed by atoms with Crippen molar-refractivity contribution in [1.29, 1.82) is 5.26 Å². The van der Waals surface area contributed by atoms with Crippen LogP contribution in [0, 0.1) is 18.3 Å². The van der Waals surface area contributed by atoms with Crippen LogP contribution >= 0.6 is 11.8 Å². The molecular formula is C19H23N5OS. The third-order valence-corrected chi connectivity index (χ3v) is 5.74. The Morgan fingerprint density at radius 3 is 2.85 bits per heavy atom. The highest BCUT2D eigenvalue weighted by Gasteiger charge is 2.24. The van der Waals surface area contributed by atoms with Crippen LogP contribution in [-0.2, 0) is 4.79 Å². The number of amides is 1. The molecule has 1 aliphatic rings. The highest BCUT2D eigenvalue weighted by molar-refractivity contribution is 8.00. The van der Waals surface area contributed by atoms with Gasteiger partial charge in [0, 0.05) is 11.7 Å². The van der Waals surface area contributed by atoms with Crippen LogP contribution in [0.4, 0.5) is 5.69 Å². The van der Waals surface area contributed by atoms with Crippen molar-refractivity contribution >= 4 is 23.4 Å². The highest BCUT2D eigenvalue weighted by Crippen LogP contribution is 2.33. The molecule has 0 saturated heterocycles. The van der Waals surface area contributed by atoms with E-state index < -0.39 is 0 Å². The highest BCUT2D eigenvalue weighted by atomic mass is 32.2. The van der Waals surface area contributed by atoms with E-state index in [-0.39, 0.29) is 11.2 Å². The number of hydrogen-bond donors (Lipinski definition) is 1. The van der Waals surface area contributed by atoms with Gasteiger partial charge in [0.15, 0.2) is 5.16 Å². The first-order valence-electron chi connectivity index (χ1n) is 8.97. The first-order chi connectivity index (χ1) is 12.6. The lowest BCUT2D eigenvalue weighted by Crippen LogP contribution is -2.23. The predicted molar refractivity (Wildman–Crippen MR) is 102 cm³/mol. The molecule has 26 heavy (non-hydrogen) atoms. The molecular weight excluding hydrogens is 346 g/mol. The van der Waals surface area contributed by atoms with Gasteiger partial charge in [-0.2, -0.15) is 5.26 Å². The van der Waals surface area contributed by atoms with E-state index in [2.05, 4.69) is 26.2 Å². The number of hydrogen-bond acceptors (Lipinski definition) is 5. The quantitative estimate of drug-likeness (QED) is 0.803. The first-order valence-corrected chi connectivity index (χ1v) is 9.85. The van der Waals surface area contributed by atoms with E-state index in [1.54, 1.807) is 24.3 Å². The van der Waals surface area contributed by atoms with E-state index in [0.717, 1.165) is 23.8 Å². The van der Waals surface area contributed by atoms with E-state index in [0.29, 0.717) is 17.3 Å². The summed E-state index contributed by atoms with van der Waals surface area (Å²) in [7, 11) is 0. The topological polar surface area (TPSA) is 83.6 Å². The van der Waals surface area contributed by atoms with Gasteiger partial charge in [-0.3, -0.25) is 4.79 Å². The summed E-state index contributed by atoms with van der Waals surface area (Å²) in [6.07, 6.45) is 6.05. The summed E-state index contributed by atoms with van der Waals surface area (Å²) in [5.74, 6) is 0.801. The summed E-state index contributed by atoms with van der Waals surface area (Å²) >= 11 is 1.43. The number of benzene rings is 1. The van der Waals surface area contributed by atoms with Crippen LogP contribution in [0.25, 0.3) is 0 Å². The zero-order valence-electron chi connectivity index (χ0n) is 15.1. The number of anilines is 1. The van der Waals surface area contributed by atoms with Crippen molar-refractivity contribution in [1.82, 2.24) is 14.8 Å². The van der Waals surface area contributed by atoms with Gasteiger partial charge in [0.2, 0.25) is 5.91 Å². The molecule has 1 aromatic heterocycles. The second-order valence-electron chi connectivity index (χ2n) is 6.63. The summed E-state index contributed by atoms with van der Waals surface area (Å²) in [6, 6.07) is 9.44. The molecule has 7 heteroatoms. The molecule has 2 aromatic rings. The molecule has 1 aromatic carbocycles. The van der Waals surface area contributed by atoms with Crippen molar-refractivity contribution in [3.05, 3.63) is 35.7 Å². The van der Waals surface area contributed by atoms with Gasteiger partial charge in [-0.1, -0.05) is 37.1 Å². The molecule has 0 aliphatic heterocycles. The lowest BCUT2D eigenvalue weighted by atomic mass is 9.95. The van der Waals surface area contributed by atoms with Crippen LogP contribution in [-0.4, -0.2) is 25.9 Å². The molecule has 3 rings (SSSR count). The summed E-state index contributed by atoms with van der Waals surface area (Å²) in [4.78, 5) is 12.5. The Balaban J connectivity index is 1.68. The number of carbonyl (C=O) groups is 1. The molecule has 0 bridgehead atoms. The Hall–Kier alpha value is -2.33. The zero-order valence-corrected chi connectivity index (χ0v) is 15.9. The average Bonchev–Trinajstić information content (AvgIpc) is 3.02. The third-order valence-electron chi connectivity index (χ3n) is 4.69. The number of thioether (sulfide) groups is 1. The summed E-state index contributed by atoms with van der Waals surface area (Å²) in [5, 5.41) is 20.9. The van der Waals surface area contributed by atoms with E-state index in [1.807, 2.05) is 13.8 Å². The van der Waals surface area contributed by atoms with Crippen molar-refractivity contribution in [2.75, 3.05) is 5.32 Å². The van der Waals surface area contributed by atoms with Gasteiger partial charge >= 0.3 is 0 Å². The Kier molecular flexibility index (Phi) is 5.94. The smallest absolute Gasteiger partial charge is 0.237 e. The van der Waals surface area contributed by atoms with Gasteiger partial charge in [-0.05, 0) is 44.9 Å². The molecule has 136 valence electrons. The van der Waals surface area contributed by atoms with Gasteiger partial charge in [0.1, 0.15) is 5.82 Å². The molecule has 0 radical (unpaired) electrons. The normalized spacial score (nSPS) is 16.0. The summed E-state index contributed by atoms with van der Waals surface area (Å²) in [6.45, 7) is 3.84. The Morgan fingerprint density at radius 1 is 1.35 bits per heavy atom. The molecule has 1 saturated carbocycles. The fourth-order valence-corrected chi connectivity index (χ4v) is 4.28. The van der Waals surface area contributed by atoms with Gasteiger partial charge in [-0.15, -0.1) is 10.2 Å². The van der Waals surface area contributed by atoms with Crippen LogP contribution in [0.2, 0.25) is 0 Å². The van der Waals surface area contributed by atoms with Gasteiger partial charge in [0.25, 0.3) is 0 Å². The Labute approximate surface area is 158 Å².